The van der Waals surface area contributed by atoms with Crippen LogP contribution in [0.4, 0.5) is 10.5 Å². The molecule has 0 spiro atoms. The lowest BCUT2D eigenvalue weighted by atomic mass is 9.98. The van der Waals surface area contributed by atoms with Crippen LogP contribution in [0, 0.1) is 0 Å². The van der Waals surface area contributed by atoms with Gasteiger partial charge in [0.05, 0.1) is 0 Å². The van der Waals surface area contributed by atoms with Crippen LogP contribution in [0.15, 0.2) is 84.0 Å². The average Bonchev–Trinajstić information content (AvgIpc) is 2.93. The first-order chi connectivity index (χ1) is 13.7. The van der Waals surface area contributed by atoms with Gasteiger partial charge in [0, 0.05) is 11.1 Å². The standard InChI is InChI=1S/C23H17N3O2/c27-22-24-26(23(28)25(22)18-10-2-1-3-11-18)21-19-12-6-4-8-16(19)14-15-17-9-5-7-13-20(17)21/h1-13H,14-15H2. The number of carbonyl (C=O) groups is 1. The smallest absolute Gasteiger partial charge is 0.530 e. The van der Waals surface area contributed by atoms with Gasteiger partial charge in [-0.2, -0.15) is 4.79 Å². The number of fused-ring (bicyclic) bond motifs is 2. The lowest BCUT2D eigenvalue weighted by Crippen LogP contribution is -2.41. The van der Waals surface area contributed by atoms with E-state index < -0.39 is 12.1 Å². The van der Waals surface area contributed by atoms with Gasteiger partial charge in [-0.15, -0.1) is 4.90 Å². The van der Waals surface area contributed by atoms with Crippen molar-refractivity contribution in [2.24, 2.45) is 5.10 Å². The van der Waals surface area contributed by atoms with Gasteiger partial charge >= 0.3 is 6.03 Å². The molecule has 0 fully saturated rings. The Morgan fingerprint density at radius 3 is 1.93 bits per heavy atom. The van der Waals surface area contributed by atoms with E-state index in [-0.39, 0.29) is 0 Å². The second-order valence-electron chi connectivity index (χ2n) is 6.81. The Hall–Kier alpha value is -3.73. The minimum Gasteiger partial charge on any atom is -0.824 e. The maximum atomic E-state index is 13.3. The van der Waals surface area contributed by atoms with E-state index in [2.05, 4.69) is 17.2 Å². The molecule has 5 rings (SSSR count). The number of amidine groups is 1. The highest BCUT2D eigenvalue weighted by molar-refractivity contribution is 6.18. The molecule has 1 heterocycles. The molecule has 28 heavy (non-hydrogen) atoms. The molecule has 0 radical (unpaired) electrons. The van der Waals surface area contributed by atoms with Gasteiger partial charge in [0.25, 0.3) is 0 Å². The summed E-state index contributed by atoms with van der Waals surface area (Å²) in [4.78, 5) is 14.4. The molecule has 5 heteroatoms. The summed E-state index contributed by atoms with van der Waals surface area (Å²) in [7, 11) is 0. The third kappa shape index (κ3) is 2.52. The molecular weight excluding hydrogens is 350 g/mol. The van der Waals surface area contributed by atoms with Crippen molar-refractivity contribution in [3.8, 4) is 0 Å². The third-order valence-corrected chi connectivity index (χ3v) is 5.18. The van der Waals surface area contributed by atoms with Crippen molar-refractivity contribution in [3.05, 3.63) is 101 Å². The van der Waals surface area contributed by atoms with E-state index in [1.165, 1.54) is 4.68 Å². The SMILES string of the molecule is O=C1N(c2ccccc2)C([O-])=N[N+]1=C1c2ccccc2CCc2ccccc21. The number of hydrogen-bond acceptors (Lipinski definition) is 3. The Morgan fingerprint density at radius 1 is 0.786 bits per heavy atom. The molecule has 0 N–H and O–H groups in total. The zero-order valence-corrected chi connectivity index (χ0v) is 15.1. The Labute approximate surface area is 162 Å². The highest BCUT2D eigenvalue weighted by atomic mass is 16.3. The molecule has 0 saturated heterocycles. The number of rotatable bonds is 1. The highest BCUT2D eigenvalue weighted by Crippen LogP contribution is 2.27. The van der Waals surface area contributed by atoms with E-state index in [9.17, 15) is 9.90 Å². The summed E-state index contributed by atoms with van der Waals surface area (Å²) < 4.78 is 1.26. The number of para-hydroxylation sites is 1. The zero-order valence-electron chi connectivity index (χ0n) is 15.1. The number of aryl methyl sites for hydroxylation is 2. The molecule has 1 aliphatic heterocycles. The first-order valence-electron chi connectivity index (χ1n) is 9.22. The number of anilines is 1. The fraction of sp³-hybridized carbons (Fsp3) is 0.0870. The van der Waals surface area contributed by atoms with Gasteiger partial charge in [0.2, 0.25) is 6.02 Å². The maximum absolute atomic E-state index is 13.3. The van der Waals surface area contributed by atoms with E-state index in [0.29, 0.717) is 11.4 Å². The normalized spacial score (nSPS) is 15.8. The average molecular weight is 367 g/mol. The van der Waals surface area contributed by atoms with Crippen LogP contribution in [0.5, 0.6) is 0 Å². The highest BCUT2D eigenvalue weighted by Gasteiger charge is 2.40. The Kier molecular flexibility index (Phi) is 3.79. The topological polar surface area (TPSA) is 58.7 Å². The van der Waals surface area contributed by atoms with E-state index in [4.69, 9.17) is 0 Å². The molecule has 0 aromatic heterocycles. The van der Waals surface area contributed by atoms with Crippen LogP contribution < -0.4 is 10.0 Å². The number of amides is 2. The molecule has 136 valence electrons. The summed E-state index contributed by atoms with van der Waals surface area (Å²) in [6.07, 6.45) is 1.74. The monoisotopic (exact) mass is 367 g/mol. The number of nitrogens with zero attached hydrogens (tertiary/aromatic N) is 3. The molecule has 5 nitrogen and oxygen atoms in total. The predicted octanol–water partition coefficient (Wildman–Crippen LogP) is 2.91. The summed E-state index contributed by atoms with van der Waals surface area (Å²) in [6.45, 7) is 0. The van der Waals surface area contributed by atoms with Crippen molar-refractivity contribution in [2.45, 2.75) is 12.8 Å². The molecule has 2 amide bonds. The van der Waals surface area contributed by atoms with Crippen LogP contribution in [0.25, 0.3) is 0 Å². The number of benzene rings is 3. The number of urea groups is 1. The van der Waals surface area contributed by atoms with Gasteiger partial charge in [-0.05, 0) is 41.2 Å². The number of carbonyl (C=O) groups excluding carboxylic acids is 1. The van der Waals surface area contributed by atoms with Crippen molar-refractivity contribution in [1.29, 1.82) is 0 Å². The molecule has 3 aromatic carbocycles. The summed E-state index contributed by atoms with van der Waals surface area (Å²) in [5.74, 6) is 0. The fourth-order valence-electron chi connectivity index (χ4n) is 3.87. The summed E-state index contributed by atoms with van der Waals surface area (Å²) in [5.41, 5.74) is 5.34. The quantitative estimate of drug-likeness (QED) is 0.621. The van der Waals surface area contributed by atoms with Crippen molar-refractivity contribution in [3.63, 3.8) is 0 Å². The molecule has 1 aliphatic carbocycles. The van der Waals surface area contributed by atoms with Crippen LogP contribution in [-0.4, -0.2) is 22.4 Å². The Morgan fingerprint density at radius 2 is 1.32 bits per heavy atom. The summed E-state index contributed by atoms with van der Waals surface area (Å²) >= 11 is 0. The predicted molar refractivity (Wildman–Crippen MR) is 106 cm³/mol. The summed E-state index contributed by atoms with van der Waals surface area (Å²) in [6, 6.07) is 23.9. The van der Waals surface area contributed by atoms with E-state index in [0.717, 1.165) is 40.0 Å². The van der Waals surface area contributed by atoms with Crippen molar-refractivity contribution >= 4 is 23.5 Å². The molecule has 3 aromatic rings. The van der Waals surface area contributed by atoms with Gasteiger partial charge in [-0.25, -0.2) is 0 Å². The maximum Gasteiger partial charge on any atom is 0.530 e. The van der Waals surface area contributed by atoms with Crippen LogP contribution in [0.2, 0.25) is 0 Å². The first-order valence-corrected chi connectivity index (χ1v) is 9.22. The molecule has 2 aliphatic rings. The van der Waals surface area contributed by atoms with Gasteiger partial charge in [-0.3, -0.25) is 0 Å². The van der Waals surface area contributed by atoms with Crippen LogP contribution in [0.1, 0.15) is 22.3 Å². The number of hydrazone groups is 1. The number of hydrogen-bond donors (Lipinski definition) is 0. The summed E-state index contributed by atoms with van der Waals surface area (Å²) in [5, 5.41) is 16.8. The zero-order chi connectivity index (χ0) is 19.1. The largest absolute Gasteiger partial charge is 0.824 e. The molecule has 0 unspecified atom stereocenters. The first kappa shape index (κ1) is 16.4. The lowest BCUT2D eigenvalue weighted by Gasteiger charge is -2.11. The second-order valence-corrected chi connectivity index (χ2v) is 6.81. The van der Waals surface area contributed by atoms with Gasteiger partial charge in [0.1, 0.15) is 5.69 Å². The van der Waals surface area contributed by atoms with Crippen molar-refractivity contribution in [2.75, 3.05) is 4.90 Å². The molecular formula is C23H17N3O2. The molecule has 0 saturated carbocycles. The molecule has 0 atom stereocenters. The van der Waals surface area contributed by atoms with E-state index in [1.54, 1.807) is 24.3 Å². The van der Waals surface area contributed by atoms with Crippen LogP contribution >= 0.6 is 0 Å². The van der Waals surface area contributed by atoms with Crippen LogP contribution in [0.3, 0.4) is 0 Å². The van der Waals surface area contributed by atoms with E-state index >= 15 is 0 Å². The second kappa shape index (κ2) is 6.46. The Bertz CT molecular complexity index is 1100. The van der Waals surface area contributed by atoms with E-state index in [1.807, 2.05) is 42.5 Å². The van der Waals surface area contributed by atoms with Crippen LogP contribution in [-0.2, 0) is 12.8 Å². The van der Waals surface area contributed by atoms with Gasteiger partial charge in [0.15, 0.2) is 5.71 Å². The third-order valence-electron chi connectivity index (χ3n) is 5.18. The van der Waals surface area contributed by atoms with Crippen molar-refractivity contribution < 1.29 is 14.6 Å². The Balaban J connectivity index is 1.77. The minimum absolute atomic E-state index is 0.460. The van der Waals surface area contributed by atoms with Crippen molar-refractivity contribution in [1.82, 2.24) is 0 Å². The fourth-order valence-corrected chi connectivity index (χ4v) is 3.87. The minimum atomic E-state index is -0.581. The lowest BCUT2D eigenvalue weighted by molar-refractivity contribution is -0.427. The van der Waals surface area contributed by atoms with Gasteiger partial charge < -0.3 is 5.11 Å². The molecule has 0 bridgehead atoms. The van der Waals surface area contributed by atoms with Gasteiger partial charge in [-0.1, -0.05) is 71.4 Å².